The van der Waals surface area contributed by atoms with Crippen LogP contribution in [0.2, 0.25) is 0 Å². The van der Waals surface area contributed by atoms with Crippen molar-refractivity contribution in [1.29, 1.82) is 0 Å². The Morgan fingerprint density at radius 2 is 1.95 bits per heavy atom. The molecule has 4 rings (SSSR count). The van der Waals surface area contributed by atoms with Gasteiger partial charge in [0.1, 0.15) is 24.1 Å². The molecule has 0 unspecified atom stereocenters. The third kappa shape index (κ3) is 6.80. The van der Waals surface area contributed by atoms with Crippen LogP contribution in [0.15, 0.2) is 40.9 Å². The number of carbonyl (C=O) groups excluding carboxylic acids is 2. The maximum atomic E-state index is 13.2. The minimum absolute atomic E-state index is 0.0640. The summed E-state index contributed by atoms with van der Waals surface area (Å²) in [7, 11) is -1.15. The average Bonchev–Trinajstić information content (AvgIpc) is 3.49. The number of amides is 2. The zero-order chi connectivity index (χ0) is 32.6. The van der Waals surface area contributed by atoms with Gasteiger partial charge in [-0.25, -0.2) is 9.78 Å². The summed E-state index contributed by atoms with van der Waals surface area (Å²) in [5, 5.41) is 17.6. The standard InChI is InChI=1S/C25H29N7O10S2/c1-13-10-17(31(5)30(13)4)14-6-8-15(9-7-14)40-11-18(23(35)36)41-29-19(16-12-43-24(26)27-16)21(33)28-20-22(34)32(25(20,2)3)42-44(37,38)39/h6-10,12,18,20H,11H2,1-5H3,(H4-,26,27,28,33,35,36,37,38,39)/p+1/b29-19-/t18-,20+/m0/s1. The number of aromatic nitrogens is 3. The van der Waals surface area contributed by atoms with E-state index in [4.69, 9.17) is 19.9 Å². The largest absolute Gasteiger partial charge is 0.489 e. The number of carboxylic acids is 1. The Morgan fingerprint density at radius 1 is 1.30 bits per heavy atom. The summed E-state index contributed by atoms with van der Waals surface area (Å²) in [5.41, 5.74) is 6.62. The number of carbonyl (C=O) groups is 3. The van der Waals surface area contributed by atoms with E-state index in [0.29, 0.717) is 10.8 Å². The van der Waals surface area contributed by atoms with Gasteiger partial charge in [0, 0.05) is 17.0 Å². The second-order valence-electron chi connectivity index (χ2n) is 10.2. The Kier molecular flexibility index (Phi) is 8.95. The molecule has 236 valence electrons. The number of anilines is 1. The van der Waals surface area contributed by atoms with Gasteiger partial charge in [0.2, 0.25) is 5.69 Å². The molecule has 1 aromatic carbocycles. The van der Waals surface area contributed by atoms with Gasteiger partial charge in [0.25, 0.3) is 17.9 Å². The molecule has 0 spiro atoms. The quantitative estimate of drug-likeness (QED) is 0.0664. The topological polar surface area (TPSA) is 229 Å². The number of nitrogens with two attached hydrogens (primary N) is 1. The first-order valence-corrected chi connectivity index (χ1v) is 15.0. The molecule has 0 aliphatic carbocycles. The SMILES string of the molecule is Cc1cc(-c2ccc(OC[C@H](O/N=C(\C(=O)N[C@@H]3C(=O)N(OS(=O)(=O)O)C3(C)C)c3csc(N)n3)C(=O)O)cc2)[n+](C)n1C. The Hall–Kier alpha value is -4.59. The third-order valence-electron chi connectivity index (χ3n) is 6.85. The normalized spacial score (nSPS) is 17.1. The number of aliphatic carboxylic acids is 1. The zero-order valence-electron chi connectivity index (χ0n) is 24.1. The van der Waals surface area contributed by atoms with Crippen LogP contribution in [0.5, 0.6) is 5.75 Å². The number of oxime groups is 1. The van der Waals surface area contributed by atoms with E-state index in [2.05, 4.69) is 19.7 Å². The first-order valence-electron chi connectivity index (χ1n) is 12.8. The summed E-state index contributed by atoms with van der Waals surface area (Å²) in [6, 6.07) is 7.68. The van der Waals surface area contributed by atoms with E-state index >= 15 is 0 Å². The van der Waals surface area contributed by atoms with Crippen LogP contribution in [0.3, 0.4) is 0 Å². The highest BCUT2D eigenvalue weighted by atomic mass is 32.3. The predicted octanol–water partition coefficient (Wildman–Crippen LogP) is -0.0434. The van der Waals surface area contributed by atoms with Gasteiger partial charge in [-0.2, -0.15) is 18.2 Å². The smallest absolute Gasteiger partial charge is 0.418 e. The van der Waals surface area contributed by atoms with Crippen LogP contribution >= 0.6 is 11.3 Å². The van der Waals surface area contributed by atoms with E-state index in [9.17, 15) is 27.9 Å². The maximum Gasteiger partial charge on any atom is 0.418 e. The van der Waals surface area contributed by atoms with Crippen LogP contribution in [0.1, 0.15) is 25.2 Å². The van der Waals surface area contributed by atoms with Gasteiger partial charge < -0.3 is 25.7 Å². The number of hydrogen-bond donors (Lipinski definition) is 4. The van der Waals surface area contributed by atoms with Crippen molar-refractivity contribution in [1.82, 2.24) is 20.0 Å². The van der Waals surface area contributed by atoms with E-state index in [1.165, 1.54) is 19.2 Å². The van der Waals surface area contributed by atoms with Crippen LogP contribution < -0.4 is 20.5 Å². The number of nitrogens with one attached hydrogen (secondary N) is 1. The molecule has 3 aromatic rings. The summed E-state index contributed by atoms with van der Waals surface area (Å²) in [6.45, 7) is 4.23. The first-order chi connectivity index (χ1) is 20.5. The third-order valence-corrected chi connectivity index (χ3v) is 7.86. The predicted molar refractivity (Wildman–Crippen MR) is 153 cm³/mol. The summed E-state index contributed by atoms with van der Waals surface area (Å²) in [5.74, 6) is -3.09. The number of nitrogen functional groups attached to an aromatic ring is 1. The molecule has 1 aliphatic rings. The molecule has 17 nitrogen and oxygen atoms in total. The summed E-state index contributed by atoms with van der Waals surface area (Å²) >= 11 is 0.963. The van der Waals surface area contributed by atoms with Crippen LogP contribution in [-0.4, -0.2) is 80.6 Å². The van der Waals surface area contributed by atoms with Crippen LogP contribution in [-0.2, 0) is 48.0 Å². The van der Waals surface area contributed by atoms with Crippen molar-refractivity contribution in [3.8, 4) is 17.0 Å². The Morgan fingerprint density at radius 3 is 2.45 bits per heavy atom. The number of nitrogens with zero attached hydrogens (tertiary/aromatic N) is 5. The monoisotopic (exact) mass is 652 g/mol. The van der Waals surface area contributed by atoms with E-state index in [1.54, 1.807) is 12.1 Å². The molecule has 0 bridgehead atoms. The number of carboxylic acid groups (broad SMARTS) is 1. The van der Waals surface area contributed by atoms with Crippen LogP contribution in [0.25, 0.3) is 11.3 Å². The number of aryl methyl sites for hydroxylation is 1. The molecule has 5 N–H and O–H groups in total. The Balaban J connectivity index is 1.47. The molecule has 44 heavy (non-hydrogen) atoms. The fourth-order valence-corrected chi connectivity index (χ4v) is 5.23. The number of rotatable bonds is 12. The highest BCUT2D eigenvalue weighted by Gasteiger charge is 2.58. The molecule has 19 heteroatoms. The highest BCUT2D eigenvalue weighted by molar-refractivity contribution is 7.80. The summed E-state index contributed by atoms with van der Waals surface area (Å²) in [6.07, 6.45) is -1.66. The fraction of sp³-hybridized carbons (Fsp3) is 0.360. The molecule has 1 aliphatic heterocycles. The van der Waals surface area contributed by atoms with Crippen molar-refractivity contribution < 1.29 is 51.0 Å². The van der Waals surface area contributed by atoms with Crippen molar-refractivity contribution in [3.05, 3.63) is 47.1 Å². The minimum Gasteiger partial charge on any atom is -0.489 e. The number of ether oxygens (including phenoxy) is 1. The second kappa shape index (κ2) is 12.2. The van der Waals surface area contributed by atoms with E-state index in [1.807, 2.05) is 48.6 Å². The molecule has 3 heterocycles. The minimum atomic E-state index is -5.01. The fourth-order valence-electron chi connectivity index (χ4n) is 4.23. The summed E-state index contributed by atoms with van der Waals surface area (Å²) in [4.78, 5) is 46.7. The van der Waals surface area contributed by atoms with Gasteiger partial charge in [0.15, 0.2) is 17.9 Å². The number of thiazole rings is 1. The molecule has 2 atom stereocenters. The molecule has 2 amide bonds. The first kappa shape index (κ1) is 32.3. The molecule has 1 saturated heterocycles. The van der Waals surface area contributed by atoms with Crippen molar-refractivity contribution in [2.45, 2.75) is 38.5 Å². The maximum absolute atomic E-state index is 13.2. The molecule has 1 fully saturated rings. The van der Waals surface area contributed by atoms with Crippen LogP contribution in [0, 0.1) is 6.92 Å². The lowest BCUT2D eigenvalue weighted by atomic mass is 9.84. The average molecular weight is 653 g/mol. The zero-order valence-corrected chi connectivity index (χ0v) is 25.7. The number of benzene rings is 1. The molecule has 0 saturated carbocycles. The lowest BCUT2D eigenvalue weighted by Crippen LogP contribution is -2.76. The molecular formula is C25H30N7O10S2+. The Bertz CT molecular complexity index is 1730. The van der Waals surface area contributed by atoms with Gasteiger partial charge in [-0.1, -0.05) is 5.16 Å². The summed E-state index contributed by atoms with van der Waals surface area (Å²) < 4.78 is 44.9. The van der Waals surface area contributed by atoms with E-state index in [-0.39, 0.29) is 10.8 Å². The molecular weight excluding hydrogens is 622 g/mol. The van der Waals surface area contributed by atoms with E-state index < -0.39 is 58.2 Å². The van der Waals surface area contributed by atoms with E-state index in [0.717, 1.165) is 28.3 Å². The number of β-lactam (4-membered cyclic amide) rings is 1. The highest BCUT2D eigenvalue weighted by Crippen LogP contribution is 2.33. The second-order valence-corrected chi connectivity index (χ2v) is 12.1. The van der Waals surface area contributed by atoms with Gasteiger partial charge in [-0.15, -0.1) is 20.3 Å². The van der Waals surface area contributed by atoms with Crippen LogP contribution in [0.4, 0.5) is 5.13 Å². The lowest BCUT2D eigenvalue weighted by molar-refractivity contribution is -0.741. The van der Waals surface area contributed by atoms with Crippen molar-refractivity contribution in [3.63, 3.8) is 0 Å². The van der Waals surface area contributed by atoms with Crippen molar-refractivity contribution >= 4 is 50.4 Å². The van der Waals surface area contributed by atoms with Gasteiger partial charge >= 0.3 is 16.4 Å². The van der Waals surface area contributed by atoms with Gasteiger partial charge in [-0.05, 0) is 45.0 Å². The van der Waals surface area contributed by atoms with Gasteiger partial charge in [-0.3, -0.25) is 14.1 Å². The lowest BCUT2D eigenvalue weighted by Gasteiger charge is -2.50. The number of hydroxylamine groups is 2. The Labute approximate surface area is 255 Å². The molecule has 2 aromatic heterocycles. The van der Waals surface area contributed by atoms with Gasteiger partial charge in [0.05, 0.1) is 18.3 Å². The molecule has 0 radical (unpaired) electrons. The van der Waals surface area contributed by atoms with Crippen molar-refractivity contribution in [2.24, 2.45) is 19.3 Å². The number of hydrogen-bond acceptors (Lipinski definition) is 12. The van der Waals surface area contributed by atoms with Crippen molar-refractivity contribution in [2.75, 3.05) is 12.3 Å².